The lowest BCUT2D eigenvalue weighted by Gasteiger charge is -2.44. The Labute approximate surface area is 144 Å². The fraction of sp³-hybridized carbons (Fsp3) is 0.800. The van der Waals surface area contributed by atoms with E-state index in [9.17, 15) is 10.2 Å². The molecule has 0 aromatic rings. The molecule has 2 heterocycles. The van der Waals surface area contributed by atoms with Crippen molar-refractivity contribution in [3.05, 3.63) is 22.8 Å². The molecule has 134 valence electrons. The van der Waals surface area contributed by atoms with E-state index in [0.717, 1.165) is 31.3 Å². The average molecular weight is 334 g/mol. The predicted molar refractivity (Wildman–Crippen MR) is 91.3 cm³/mol. The number of aliphatic hydroxyl groups is 2. The van der Waals surface area contributed by atoms with Crippen LogP contribution in [0.3, 0.4) is 0 Å². The van der Waals surface area contributed by atoms with Crippen LogP contribution in [0.15, 0.2) is 22.8 Å². The van der Waals surface area contributed by atoms with Crippen molar-refractivity contribution in [1.82, 2.24) is 0 Å². The highest BCUT2D eigenvalue weighted by molar-refractivity contribution is 5.41. The topological polar surface area (TPSA) is 62.2 Å². The van der Waals surface area contributed by atoms with Crippen LogP contribution >= 0.6 is 0 Å². The summed E-state index contributed by atoms with van der Waals surface area (Å²) in [6, 6.07) is 0. The second-order valence-electron chi connectivity index (χ2n) is 8.85. The highest BCUT2D eigenvalue weighted by atomic mass is 16.7. The van der Waals surface area contributed by atoms with Gasteiger partial charge in [-0.1, -0.05) is 25.5 Å². The van der Waals surface area contributed by atoms with Gasteiger partial charge in [-0.25, -0.2) is 0 Å². The number of fused-ring (bicyclic) bond motifs is 2. The van der Waals surface area contributed by atoms with Gasteiger partial charge >= 0.3 is 0 Å². The van der Waals surface area contributed by atoms with Crippen LogP contribution in [0.25, 0.3) is 0 Å². The van der Waals surface area contributed by atoms with E-state index in [2.05, 4.69) is 26.8 Å². The third-order valence-corrected chi connectivity index (χ3v) is 7.25. The molecule has 0 spiro atoms. The lowest BCUT2D eigenvalue weighted by molar-refractivity contribution is -0.175. The summed E-state index contributed by atoms with van der Waals surface area (Å²) in [5.74, 6) is -1.09. The van der Waals surface area contributed by atoms with Crippen LogP contribution in [0.1, 0.15) is 59.8 Å². The third-order valence-electron chi connectivity index (χ3n) is 7.25. The fourth-order valence-corrected chi connectivity index (χ4v) is 5.17. The molecule has 2 aliphatic carbocycles. The lowest BCUT2D eigenvalue weighted by atomic mass is 9.61. The van der Waals surface area contributed by atoms with Gasteiger partial charge in [0, 0.05) is 5.57 Å². The number of allylic oxidation sites excluding steroid dienone is 2. The molecule has 4 aliphatic rings. The van der Waals surface area contributed by atoms with Gasteiger partial charge in [0.1, 0.15) is 6.10 Å². The molecule has 0 amide bonds. The maximum atomic E-state index is 11.3. The second-order valence-corrected chi connectivity index (χ2v) is 8.85. The van der Waals surface area contributed by atoms with Crippen molar-refractivity contribution < 1.29 is 19.7 Å². The van der Waals surface area contributed by atoms with E-state index < -0.39 is 11.9 Å². The Morgan fingerprint density at radius 3 is 2.75 bits per heavy atom. The van der Waals surface area contributed by atoms with E-state index in [-0.39, 0.29) is 17.1 Å². The zero-order valence-electron chi connectivity index (χ0n) is 15.3. The SMILES string of the molecule is C/C1=C\CC[C@]2(C)O[C@H]2[C@@]2(O)OCC3=C2[C@H](O)C[C@@H](C)[C@@]3(C)CC1. The number of aliphatic hydroxyl groups excluding tert-OH is 1. The van der Waals surface area contributed by atoms with E-state index in [1.807, 2.05) is 6.92 Å². The summed E-state index contributed by atoms with van der Waals surface area (Å²) in [5, 5.41) is 22.1. The Bertz CT molecular complexity index is 623. The molecule has 1 fully saturated rings. The van der Waals surface area contributed by atoms with E-state index in [4.69, 9.17) is 9.47 Å². The van der Waals surface area contributed by atoms with Crippen molar-refractivity contribution in [2.24, 2.45) is 11.3 Å². The minimum absolute atomic E-state index is 0.0430. The first-order valence-corrected chi connectivity index (χ1v) is 9.32. The number of hydrogen-bond donors (Lipinski definition) is 2. The molecule has 1 saturated heterocycles. The average Bonchev–Trinajstić information content (AvgIpc) is 3.05. The normalized spacial score (nSPS) is 53.6. The zero-order chi connectivity index (χ0) is 17.3. The number of epoxide rings is 1. The maximum absolute atomic E-state index is 11.3. The maximum Gasteiger partial charge on any atom is 0.221 e. The summed E-state index contributed by atoms with van der Waals surface area (Å²) >= 11 is 0. The standard InChI is InChI=1S/C20H30O4/c1-12-6-5-8-19(4)17(24-19)20(22)16-14(11-23-20)18(3,9-7-12)13(2)10-15(16)21/h6,13,15,17,21-22H,5,7-11H2,1-4H3/b12-6+/t13-,15-,17-,18-,19+,20+/m1/s1. The van der Waals surface area contributed by atoms with Crippen molar-refractivity contribution in [3.8, 4) is 0 Å². The van der Waals surface area contributed by atoms with Crippen LogP contribution in [-0.2, 0) is 9.47 Å². The Morgan fingerprint density at radius 2 is 2.00 bits per heavy atom. The highest BCUT2D eigenvalue weighted by Gasteiger charge is 2.68. The second kappa shape index (κ2) is 5.16. The van der Waals surface area contributed by atoms with Crippen molar-refractivity contribution in [1.29, 1.82) is 0 Å². The summed E-state index contributed by atoms with van der Waals surface area (Å²) in [5.41, 5.74) is 2.83. The highest BCUT2D eigenvalue weighted by Crippen LogP contribution is 2.59. The number of hydrogen-bond acceptors (Lipinski definition) is 4. The molecular weight excluding hydrogens is 304 g/mol. The summed E-state index contributed by atoms with van der Waals surface area (Å²) in [6.45, 7) is 9.15. The van der Waals surface area contributed by atoms with Gasteiger partial charge in [-0.15, -0.1) is 0 Å². The van der Waals surface area contributed by atoms with E-state index in [1.165, 1.54) is 5.57 Å². The molecule has 0 unspecified atom stereocenters. The molecule has 2 N–H and O–H groups in total. The minimum atomic E-state index is -1.46. The quantitative estimate of drug-likeness (QED) is 0.528. The zero-order valence-corrected chi connectivity index (χ0v) is 15.3. The monoisotopic (exact) mass is 334 g/mol. The van der Waals surface area contributed by atoms with Crippen LogP contribution < -0.4 is 0 Å². The van der Waals surface area contributed by atoms with Gasteiger partial charge in [-0.05, 0) is 62.9 Å². The third kappa shape index (κ3) is 2.20. The molecule has 4 heteroatoms. The van der Waals surface area contributed by atoms with Crippen molar-refractivity contribution >= 4 is 0 Å². The van der Waals surface area contributed by atoms with E-state index in [1.54, 1.807) is 0 Å². The molecule has 6 atom stereocenters. The first kappa shape index (κ1) is 16.8. The van der Waals surface area contributed by atoms with Gasteiger partial charge in [-0.2, -0.15) is 0 Å². The summed E-state index contributed by atoms with van der Waals surface area (Å²) < 4.78 is 11.9. The molecule has 0 saturated carbocycles. The molecule has 4 rings (SSSR count). The molecule has 2 aliphatic heterocycles. The van der Waals surface area contributed by atoms with Crippen LogP contribution in [0.4, 0.5) is 0 Å². The van der Waals surface area contributed by atoms with E-state index in [0.29, 0.717) is 24.5 Å². The minimum Gasteiger partial charge on any atom is -0.389 e. The molecule has 0 aromatic heterocycles. The summed E-state index contributed by atoms with van der Waals surface area (Å²) in [7, 11) is 0. The van der Waals surface area contributed by atoms with Gasteiger partial charge in [0.2, 0.25) is 5.79 Å². The molecule has 4 nitrogen and oxygen atoms in total. The van der Waals surface area contributed by atoms with Crippen LogP contribution in [0, 0.1) is 11.3 Å². The van der Waals surface area contributed by atoms with Crippen molar-refractivity contribution in [2.45, 2.75) is 83.4 Å². The summed E-state index contributed by atoms with van der Waals surface area (Å²) in [4.78, 5) is 0. The largest absolute Gasteiger partial charge is 0.389 e. The Kier molecular flexibility index (Phi) is 3.61. The van der Waals surface area contributed by atoms with Crippen molar-refractivity contribution in [3.63, 3.8) is 0 Å². The number of ether oxygens (including phenoxy) is 2. The predicted octanol–water partition coefficient (Wildman–Crippen LogP) is 3.09. The van der Waals surface area contributed by atoms with Gasteiger partial charge in [0.15, 0.2) is 0 Å². The van der Waals surface area contributed by atoms with Gasteiger partial charge in [-0.3, -0.25) is 0 Å². The summed E-state index contributed by atoms with van der Waals surface area (Å²) in [6.07, 6.45) is 5.88. The molecule has 0 aromatic carbocycles. The first-order chi connectivity index (χ1) is 11.2. The van der Waals surface area contributed by atoms with Gasteiger partial charge < -0.3 is 19.7 Å². The smallest absolute Gasteiger partial charge is 0.221 e. The first-order valence-electron chi connectivity index (χ1n) is 9.32. The Hall–Kier alpha value is -0.680. The Morgan fingerprint density at radius 1 is 1.25 bits per heavy atom. The van der Waals surface area contributed by atoms with Gasteiger partial charge in [0.25, 0.3) is 0 Å². The molecular formula is C20H30O4. The Balaban J connectivity index is 1.82. The lowest BCUT2D eigenvalue weighted by Crippen LogP contribution is -2.47. The van der Waals surface area contributed by atoms with Crippen LogP contribution in [0.5, 0.6) is 0 Å². The van der Waals surface area contributed by atoms with Crippen LogP contribution in [0.2, 0.25) is 0 Å². The fourth-order valence-electron chi connectivity index (χ4n) is 5.17. The molecule has 4 bridgehead atoms. The van der Waals surface area contributed by atoms with Gasteiger partial charge in [0.05, 0.1) is 18.3 Å². The molecule has 0 radical (unpaired) electrons. The number of rotatable bonds is 0. The van der Waals surface area contributed by atoms with E-state index >= 15 is 0 Å². The van der Waals surface area contributed by atoms with Crippen LogP contribution in [-0.4, -0.2) is 40.4 Å². The molecule has 24 heavy (non-hydrogen) atoms. The van der Waals surface area contributed by atoms with Crippen molar-refractivity contribution in [2.75, 3.05) is 6.61 Å².